The molecule has 0 atom stereocenters. The lowest BCUT2D eigenvalue weighted by Crippen LogP contribution is -2.27. The Morgan fingerprint density at radius 1 is 1.47 bits per heavy atom. The van der Waals surface area contributed by atoms with E-state index in [2.05, 4.69) is 0 Å². The van der Waals surface area contributed by atoms with Gasteiger partial charge in [0.15, 0.2) is 0 Å². The quantitative estimate of drug-likeness (QED) is 0.834. The molecule has 1 aromatic rings. The molecule has 0 aromatic heterocycles. The molecular weight excluding hydrogens is 273 g/mol. The van der Waals surface area contributed by atoms with Crippen LogP contribution < -0.4 is 0 Å². The lowest BCUT2D eigenvalue weighted by molar-refractivity contribution is -0.131. The van der Waals surface area contributed by atoms with Crippen molar-refractivity contribution in [1.82, 2.24) is 4.31 Å². The summed E-state index contributed by atoms with van der Waals surface area (Å²) >= 11 is 0. The molecule has 104 valence electrons. The van der Waals surface area contributed by atoms with Gasteiger partial charge in [-0.15, -0.1) is 0 Å². The van der Waals surface area contributed by atoms with Crippen molar-refractivity contribution in [2.45, 2.75) is 11.8 Å². The SMILES string of the molecule is CCN(C)S(=O)(=O)c1ccc(/C=C/C(=O)O)cc1F. The van der Waals surface area contributed by atoms with Crippen LogP contribution in [0.5, 0.6) is 0 Å². The van der Waals surface area contributed by atoms with Crippen molar-refractivity contribution in [2.24, 2.45) is 0 Å². The molecule has 0 fully saturated rings. The molecule has 1 rings (SSSR count). The second-order valence-corrected chi connectivity index (χ2v) is 5.79. The molecule has 0 saturated carbocycles. The predicted molar refractivity (Wildman–Crippen MR) is 68.6 cm³/mol. The van der Waals surface area contributed by atoms with Crippen molar-refractivity contribution in [2.75, 3.05) is 13.6 Å². The highest BCUT2D eigenvalue weighted by molar-refractivity contribution is 7.89. The lowest BCUT2D eigenvalue weighted by Gasteiger charge is -2.15. The fraction of sp³-hybridized carbons (Fsp3) is 0.250. The van der Waals surface area contributed by atoms with E-state index >= 15 is 0 Å². The molecule has 0 aliphatic carbocycles. The Balaban J connectivity index is 3.18. The van der Waals surface area contributed by atoms with Gasteiger partial charge in [-0.25, -0.2) is 21.9 Å². The van der Waals surface area contributed by atoms with Gasteiger partial charge in [-0.1, -0.05) is 13.0 Å². The standard InChI is InChI=1S/C12H14FNO4S/c1-3-14(2)19(17,18)11-6-4-9(8-10(11)13)5-7-12(15)16/h4-8H,3H2,1-2H3,(H,15,16)/b7-5+. The van der Waals surface area contributed by atoms with Crippen LogP contribution in [0.3, 0.4) is 0 Å². The van der Waals surface area contributed by atoms with Crippen molar-refractivity contribution in [1.29, 1.82) is 0 Å². The first-order valence-electron chi connectivity index (χ1n) is 5.46. The maximum atomic E-state index is 13.8. The number of hydrogen-bond acceptors (Lipinski definition) is 3. The molecule has 7 heteroatoms. The first-order chi connectivity index (χ1) is 8.78. The largest absolute Gasteiger partial charge is 0.478 e. The van der Waals surface area contributed by atoms with Crippen molar-refractivity contribution in [3.63, 3.8) is 0 Å². The summed E-state index contributed by atoms with van der Waals surface area (Å²) in [7, 11) is -2.50. The van der Waals surface area contributed by atoms with Crippen LogP contribution in [0.1, 0.15) is 12.5 Å². The van der Waals surface area contributed by atoms with E-state index < -0.39 is 26.7 Å². The van der Waals surface area contributed by atoms with Gasteiger partial charge in [0, 0.05) is 19.7 Å². The summed E-state index contributed by atoms with van der Waals surface area (Å²) in [6.45, 7) is 1.86. The van der Waals surface area contributed by atoms with Crippen molar-refractivity contribution in [3.8, 4) is 0 Å². The molecule has 0 aliphatic rings. The van der Waals surface area contributed by atoms with Gasteiger partial charge in [0.1, 0.15) is 10.7 Å². The van der Waals surface area contributed by atoms with Gasteiger partial charge in [-0.3, -0.25) is 0 Å². The minimum absolute atomic E-state index is 0.225. The van der Waals surface area contributed by atoms with Crippen LogP contribution >= 0.6 is 0 Å². The number of carboxylic acids is 1. The van der Waals surface area contributed by atoms with Crippen LogP contribution in [0.2, 0.25) is 0 Å². The van der Waals surface area contributed by atoms with E-state index in [-0.39, 0.29) is 12.1 Å². The average molecular weight is 287 g/mol. The highest BCUT2D eigenvalue weighted by Gasteiger charge is 2.23. The van der Waals surface area contributed by atoms with E-state index in [0.29, 0.717) is 0 Å². The smallest absolute Gasteiger partial charge is 0.328 e. The minimum atomic E-state index is -3.85. The normalized spacial score (nSPS) is 12.2. The van der Waals surface area contributed by atoms with E-state index in [1.807, 2.05) is 0 Å². The summed E-state index contributed by atoms with van der Waals surface area (Å²) in [5.41, 5.74) is 0.276. The van der Waals surface area contributed by atoms with E-state index in [1.165, 1.54) is 19.2 Å². The summed E-state index contributed by atoms with van der Waals surface area (Å²) in [4.78, 5) is 9.90. The first-order valence-corrected chi connectivity index (χ1v) is 6.90. The Labute approximate surface area is 111 Å². The van der Waals surface area contributed by atoms with Crippen LogP contribution in [0.4, 0.5) is 4.39 Å². The van der Waals surface area contributed by atoms with E-state index in [4.69, 9.17) is 5.11 Å². The topological polar surface area (TPSA) is 74.7 Å². The fourth-order valence-corrected chi connectivity index (χ4v) is 2.56. The van der Waals surface area contributed by atoms with Crippen molar-refractivity contribution < 1.29 is 22.7 Å². The van der Waals surface area contributed by atoms with Crippen LogP contribution in [0.15, 0.2) is 29.2 Å². The third kappa shape index (κ3) is 3.62. The van der Waals surface area contributed by atoms with E-state index in [1.54, 1.807) is 6.92 Å². The number of aliphatic carboxylic acids is 1. The molecular formula is C12H14FNO4S. The van der Waals surface area contributed by atoms with E-state index in [9.17, 15) is 17.6 Å². The Morgan fingerprint density at radius 2 is 2.11 bits per heavy atom. The molecule has 1 aromatic carbocycles. The maximum absolute atomic E-state index is 13.8. The van der Waals surface area contributed by atoms with Crippen LogP contribution in [0, 0.1) is 5.82 Å². The zero-order valence-corrected chi connectivity index (χ0v) is 11.3. The van der Waals surface area contributed by atoms with E-state index in [0.717, 1.165) is 22.5 Å². The molecule has 0 heterocycles. The number of sulfonamides is 1. The highest BCUT2D eigenvalue weighted by atomic mass is 32.2. The first kappa shape index (κ1) is 15.3. The van der Waals surface area contributed by atoms with Gasteiger partial charge in [0.2, 0.25) is 10.0 Å². The Kier molecular flexibility index (Phi) is 4.79. The van der Waals surface area contributed by atoms with Gasteiger partial charge in [0.25, 0.3) is 0 Å². The number of carboxylic acid groups (broad SMARTS) is 1. The summed E-state index contributed by atoms with van der Waals surface area (Å²) in [5, 5.41) is 8.45. The average Bonchev–Trinajstić information content (AvgIpc) is 2.34. The van der Waals surface area contributed by atoms with Crippen LogP contribution in [-0.4, -0.2) is 37.4 Å². The Hall–Kier alpha value is -1.73. The third-order valence-corrected chi connectivity index (χ3v) is 4.47. The van der Waals surface area contributed by atoms with Crippen molar-refractivity contribution in [3.05, 3.63) is 35.7 Å². The molecule has 0 saturated heterocycles. The monoisotopic (exact) mass is 287 g/mol. The van der Waals surface area contributed by atoms with Gasteiger partial charge in [-0.05, 0) is 23.8 Å². The lowest BCUT2D eigenvalue weighted by atomic mass is 10.2. The highest BCUT2D eigenvalue weighted by Crippen LogP contribution is 2.20. The molecule has 0 spiro atoms. The summed E-state index contributed by atoms with van der Waals surface area (Å²) < 4.78 is 38.7. The van der Waals surface area contributed by atoms with Crippen LogP contribution in [0.25, 0.3) is 6.08 Å². The molecule has 5 nitrogen and oxygen atoms in total. The Bertz CT molecular complexity index is 610. The van der Waals surface area contributed by atoms with Crippen molar-refractivity contribution >= 4 is 22.1 Å². The van der Waals surface area contributed by atoms with Gasteiger partial charge >= 0.3 is 5.97 Å². The Morgan fingerprint density at radius 3 is 2.58 bits per heavy atom. The second kappa shape index (κ2) is 5.94. The summed E-state index contributed by atoms with van der Waals surface area (Å²) in [6.07, 6.45) is 2.03. The molecule has 0 radical (unpaired) electrons. The van der Waals surface area contributed by atoms with Crippen LogP contribution in [-0.2, 0) is 14.8 Å². The number of hydrogen-bond donors (Lipinski definition) is 1. The van der Waals surface area contributed by atoms with Gasteiger partial charge in [-0.2, -0.15) is 0 Å². The molecule has 0 unspecified atom stereocenters. The zero-order chi connectivity index (χ0) is 14.6. The molecule has 19 heavy (non-hydrogen) atoms. The summed E-state index contributed by atoms with van der Waals surface area (Å²) in [6, 6.07) is 3.45. The number of halogens is 1. The number of nitrogens with zero attached hydrogens (tertiary/aromatic N) is 1. The maximum Gasteiger partial charge on any atom is 0.328 e. The molecule has 1 N–H and O–H groups in total. The predicted octanol–water partition coefficient (Wildman–Crippen LogP) is 1.56. The zero-order valence-electron chi connectivity index (χ0n) is 10.5. The number of benzene rings is 1. The summed E-state index contributed by atoms with van der Waals surface area (Å²) in [5.74, 6) is -2.07. The van der Waals surface area contributed by atoms with Gasteiger partial charge < -0.3 is 5.11 Å². The minimum Gasteiger partial charge on any atom is -0.478 e. The number of carbonyl (C=O) groups is 1. The molecule has 0 bridgehead atoms. The molecule has 0 amide bonds. The van der Waals surface area contributed by atoms with Gasteiger partial charge in [0.05, 0.1) is 0 Å². The fourth-order valence-electron chi connectivity index (χ4n) is 1.34. The third-order valence-electron chi connectivity index (χ3n) is 2.51. The molecule has 0 aliphatic heterocycles. The second-order valence-electron chi connectivity index (χ2n) is 3.78. The number of rotatable bonds is 5.